The number of aromatic hydroxyl groups is 1. The predicted octanol–water partition coefficient (Wildman–Crippen LogP) is 6.08. The lowest BCUT2D eigenvalue weighted by molar-refractivity contribution is 0.0986. The topological polar surface area (TPSA) is 99.6 Å². The average Bonchev–Trinajstić information content (AvgIpc) is 3.52. The van der Waals surface area contributed by atoms with Crippen LogP contribution in [0.2, 0.25) is 0 Å². The minimum Gasteiger partial charge on any atom is -0.494 e. The van der Waals surface area contributed by atoms with Gasteiger partial charge in [0.1, 0.15) is 5.75 Å². The zero-order valence-corrected chi connectivity index (χ0v) is 22.9. The number of carbonyl (C=O) groups excluding carboxylic acids is 1. The summed E-state index contributed by atoms with van der Waals surface area (Å²) in [5.41, 5.74) is 5.25. The van der Waals surface area contributed by atoms with Crippen LogP contribution in [0.1, 0.15) is 30.1 Å². The van der Waals surface area contributed by atoms with Crippen LogP contribution >= 0.6 is 11.3 Å². The molecule has 0 unspecified atom stereocenters. The van der Waals surface area contributed by atoms with E-state index in [1.165, 1.54) is 9.95 Å². The van der Waals surface area contributed by atoms with Crippen LogP contribution < -0.4 is 19.8 Å². The number of nitrogens with one attached hydrogen (secondary N) is 2. The van der Waals surface area contributed by atoms with E-state index in [9.17, 15) is 14.7 Å². The van der Waals surface area contributed by atoms with E-state index in [1.54, 1.807) is 0 Å². The summed E-state index contributed by atoms with van der Waals surface area (Å²) in [6.45, 7) is 3.38. The maximum Gasteiger partial charge on any atom is 0.309 e. The number of amides is 1. The van der Waals surface area contributed by atoms with E-state index in [2.05, 4.69) is 23.3 Å². The van der Waals surface area contributed by atoms with Gasteiger partial charge in [-0.15, -0.1) is 0 Å². The quantitative estimate of drug-likeness (QED) is 0.212. The Morgan fingerprint density at radius 1 is 1.12 bits per heavy atom. The summed E-state index contributed by atoms with van der Waals surface area (Å²) in [6, 6.07) is 21.9. The summed E-state index contributed by atoms with van der Waals surface area (Å²) >= 11 is 0.970. The van der Waals surface area contributed by atoms with Gasteiger partial charge in [0, 0.05) is 42.0 Å². The van der Waals surface area contributed by atoms with Gasteiger partial charge in [0.2, 0.25) is 5.88 Å². The number of aromatic amines is 1. The first kappa shape index (κ1) is 25.8. The van der Waals surface area contributed by atoms with E-state index in [0.717, 1.165) is 51.2 Å². The molecule has 3 heterocycles. The van der Waals surface area contributed by atoms with Crippen LogP contribution in [-0.2, 0) is 6.54 Å². The van der Waals surface area contributed by atoms with Gasteiger partial charge in [-0.25, -0.2) is 0 Å². The van der Waals surface area contributed by atoms with E-state index in [4.69, 9.17) is 4.74 Å². The fourth-order valence-electron chi connectivity index (χ4n) is 5.15. The highest BCUT2D eigenvalue weighted by atomic mass is 32.1. The molecule has 40 heavy (non-hydrogen) atoms. The Morgan fingerprint density at radius 3 is 2.85 bits per heavy atom. The molecule has 1 aliphatic rings. The number of hydrogen-bond acceptors (Lipinski definition) is 6. The number of hydrogen-bond donors (Lipinski definition) is 3. The third-order valence-corrected chi connectivity index (χ3v) is 8.02. The van der Waals surface area contributed by atoms with E-state index < -0.39 is 0 Å². The van der Waals surface area contributed by atoms with Gasteiger partial charge in [-0.2, -0.15) is 0 Å². The van der Waals surface area contributed by atoms with Crippen molar-refractivity contribution in [1.29, 1.82) is 0 Å². The van der Waals surface area contributed by atoms with E-state index >= 15 is 0 Å². The molecule has 6 rings (SSSR count). The van der Waals surface area contributed by atoms with Crippen LogP contribution in [-0.4, -0.2) is 39.8 Å². The van der Waals surface area contributed by atoms with Gasteiger partial charge in [0.05, 0.1) is 23.4 Å². The molecule has 0 fully saturated rings. The van der Waals surface area contributed by atoms with Crippen molar-refractivity contribution in [2.75, 3.05) is 23.4 Å². The minimum atomic E-state index is -0.202. The average molecular weight is 555 g/mol. The third-order valence-electron chi connectivity index (χ3n) is 7.27. The van der Waals surface area contributed by atoms with Crippen molar-refractivity contribution < 1.29 is 14.6 Å². The number of para-hydroxylation sites is 2. The number of carbonyl (C=O) groups is 1. The van der Waals surface area contributed by atoms with Crippen LogP contribution in [0.25, 0.3) is 22.0 Å². The number of anilines is 2. The van der Waals surface area contributed by atoms with E-state index in [0.29, 0.717) is 37.4 Å². The summed E-state index contributed by atoms with van der Waals surface area (Å²) in [7, 11) is 0. The second-order valence-corrected chi connectivity index (χ2v) is 10.8. The summed E-state index contributed by atoms with van der Waals surface area (Å²) in [5.74, 6) is 0.470. The molecule has 1 aliphatic heterocycles. The fraction of sp³-hybridized carbons (Fsp3) is 0.226. The summed E-state index contributed by atoms with van der Waals surface area (Å²) in [5, 5.41) is 15.9. The van der Waals surface area contributed by atoms with Crippen LogP contribution in [0.15, 0.2) is 83.1 Å². The number of aromatic nitrogens is 2. The zero-order valence-electron chi connectivity index (χ0n) is 22.1. The first-order chi connectivity index (χ1) is 19.5. The summed E-state index contributed by atoms with van der Waals surface area (Å²) in [6.07, 6.45) is 3.25. The van der Waals surface area contributed by atoms with Gasteiger partial charge in [0.15, 0.2) is 0 Å². The highest BCUT2D eigenvalue weighted by Gasteiger charge is 2.25. The number of H-pyrrole nitrogens is 1. The number of thiazole rings is 1. The van der Waals surface area contributed by atoms with Crippen molar-refractivity contribution in [3.8, 4) is 22.8 Å². The molecule has 0 spiro atoms. The van der Waals surface area contributed by atoms with Crippen LogP contribution in [0.5, 0.6) is 11.6 Å². The molecule has 204 valence electrons. The Hall–Kier alpha value is -4.50. The SMILES string of the molecule is C[C@H]1CCN(C(=O)c2ccc(-c3ccc4[nH]ccc4c3)c(OCCCn3c(O)csc3=O)c2)c2ccccc2N1. The first-order valence-corrected chi connectivity index (χ1v) is 14.2. The number of ether oxygens (including phenoxy) is 1. The Morgan fingerprint density at radius 2 is 2.00 bits per heavy atom. The molecular weight excluding hydrogens is 524 g/mol. The molecule has 0 bridgehead atoms. The van der Waals surface area contributed by atoms with Crippen molar-refractivity contribution >= 4 is 39.5 Å². The molecule has 3 aromatic carbocycles. The second-order valence-electron chi connectivity index (χ2n) is 10.0. The van der Waals surface area contributed by atoms with Crippen molar-refractivity contribution in [3.05, 3.63) is 93.5 Å². The van der Waals surface area contributed by atoms with Gasteiger partial charge in [-0.05, 0) is 79.2 Å². The molecule has 0 saturated carbocycles. The molecule has 8 nitrogen and oxygen atoms in total. The van der Waals surface area contributed by atoms with Crippen molar-refractivity contribution in [3.63, 3.8) is 0 Å². The van der Waals surface area contributed by atoms with Gasteiger partial charge in [0.25, 0.3) is 5.91 Å². The van der Waals surface area contributed by atoms with Crippen LogP contribution in [0.4, 0.5) is 11.4 Å². The minimum absolute atomic E-state index is 0.0374. The molecule has 9 heteroatoms. The summed E-state index contributed by atoms with van der Waals surface area (Å²) in [4.78, 5) is 30.7. The lowest BCUT2D eigenvalue weighted by Crippen LogP contribution is -2.32. The van der Waals surface area contributed by atoms with Gasteiger partial charge < -0.3 is 25.0 Å². The number of fused-ring (bicyclic) bond motifs is 2. The van der Waals surface area contributed by atoms with Crippen LogP contribution in [0.3, 0.4) is 0 Å². The Balaban J connectivity index is 1.31. The summed E-state index contributed by atoms with van der Waals surface area (Å²) < 4.78 is 7.60. The van der Waals surface area contributed by atoms with Gasteiger partial charge in [-0.3, -0.25) is 14.2 Å². The molecule has 1 amide bonds. The second kappa shape index (κ2) is 10.9. The Bertz CT molecular complexity index is 1740. The predicted molar refractivity (Wildman–Crippen MR) is 160 cm³/mol. The Labute approximate surface area is 235 Å². The lowest BCUT2D eigenvalue weighted by Gasteiger charge is -2.23. The largest absolute Gasteiger partial charge is 0.494 e. The van der Waals surface area contributed by atoms with E-state index in [1.807, 2.05) is 71.8 Å². The smallest absolute Gasteiger partial charge is 0.309 e. The van der Waals surface area contributed by atoms with Crippen LogP contribution in [0, 0.1) is 0 Å². The lowest BCUT2D eigenvalue weighted by atomic mass is 10.0. The van der Waals surface area contributed by atoms with Crippen molar-refractivity contribution in [1.82, 2.24) is 9.55 Å². The number of benzene rings is 3. The zero-order chi connectivity index (χ0) is 27.6. The molecule has 1 atom stereocenters. The molecule has 0 radical (unpaired) electrons. The third kappa shape index (κ3) is 5.08. The van der Waals surface area contributed by atoms with Crippen molar-refractivity contribution in [2.24, 2.45) is 0 Å². The maximum absolute atomic E-state index is 13.9. The number of rotatable bonds is 7. The molecule has 2 aromatic heterocycles. The molecule has 0 aliphatic carbocycles. The molecule has 0 saturated heterocycles. The molecule has 3 N–H and O–H groups in total. The highest BCUT2D eigenvalue weighted by molar-refractivity contribution is 7.07. The molecule has 5 aromatic rings. The van der Waals surface area contributed by atoms with Gasteiger partial charge in [-0.1, -0.05) is 29.5 Å². The maximum atomic E-state index is 13.9. The van der Waals surface area contributed by atoms with E-state index in [-0.39, 0.29) is 22.7 Å². The molecular formula is C31H30N4O4S. The fourth-order valence-corrected chi connectivity index (χ4v) is 5.79. The number of nitrogens with zero attached hydrogens (tertiary/aromatic N) is 2. The normalized spacial score (nSPS) is 14.9. The van der Waals surface area contributed by atoms with Crippen molar-refractivity contribution in [2.45, 2.75) is 32.4 Å². The highest BCUT2D eigenvalue weighted by Crippen LogP contribution is 2.35. The monoisotopic (exact) mass is 554 g/mol. The Kier molecular flexibility index (Phi) is 7.04. The van der Waals surface area contributed by atoms with Gasteiger partial charge >= 0.3 is 4.87 Å². The standard InChI is InChI=1S/C31H30N4O4S/c1-20-12-15-34(27-6-3-2-5-26(27)33-20)30(37)23-7-9-24(21-8-10-25-22(17-21)11-13-32-25)28(18-23)39-16-4-14-35-29(36)19-40-31(35)38/h2-3,5-11,13,17-20,32-33,36H,4,12,14-16H2,1H3/t20-/m0/s1. The first-order valence-electron chi connectivity index (χ1n) is 13.4.